The minimum absolute atomic E-state index is 0.00602. The van der Waals surface area contributed by atoms with E-state index < -0.39 is 10.0 Å². The van der Waals surface area contributed by atoms with Gasteiger partial charge in [-0.25, -0.2) is 13.1 Å². The molecule has 2 aromatic rings. The van der Waals surface area contributed by atoms with Crippen molar-refractivity contribution in [1.29, 1.82) is 0 Å². The molecule has 3 nitrogen and oxygen atoms in total. The second kappa shape index (κ2) is 7.07. The Morgan fingerprint density at radius 3 is 2.32 bits per heavy atom. The third kappa shape index (κ3) is 4.68. The number of hydrogen-bond acceptors (Lipinski definition) is 2. The average Bonchev–Trinajstić information content (AvgIpc) is 2.46. The Kier molecular flexibility index (Phi) is 5.37. The molecule has 118 valence electrons. The summed E-state index contributed by atoms with van der Waals surface area (Å²) in [6.07, 6.45) is 0.980. The highest BCUT2D eigenvalue weighted by atomic mass is 32.2. The molecule has 0 aliphatic rings. The van der Waals surface area contributed by atoms with Crippen LogP contribution in [0.3, 0.4) is 0 Å². The molecule has 0 saturated heterocycles. The fourth-order valence-corrected chi connectivity index (χ4v) is 3.82. The average molecular weight is 317 g/mol. The molecule has 0 spiro atoms. The van der Waals surface area contributed by atoms with Gasteiger partial charge >= 0.3 is 0 Å². The number of rotatable bonds is 6. The molecular weight excluding hydrogens is 294 g/mol. The predicted molar refractivity (Wildman–Crippen MR) is 91.2 cm³/mol. The zero-order chi connectivity index (χ0) is 16.2. The number of hydrogen-bond donors (Lipinski definition) is 1. The Hall–Kier alpha value is -1.65. The van der Waals surface area contributed by atoms with E-state index >= 15 is 0 Å². The zero-order valence-corrected chi connectivity index (χ0v) is 14.2. The van der Waals surface area contributed by atoms with E-state index in [9.17, 15) is 8.42 Å². The van der Waals surface area contributed by atoms with Crippen LogP contribution >= 0.6 is 0 Å². The molecule has 1 N–H and O–H groups in total. The summed E-state index contributed by atoms with van der Waals surface area (Å²) >= 11 is 0. The van der Waals surface area contributed by atoms with E-state index in [0.29, 0.717) is 0 Å². The Balaban J connectivity index is 2.07. The molecule has 0 fully saturated rings. The fraction of sp³-hybridized carbons (Fsp3) is 0.333. The summed E-state index contributed by atoms with van der Waals surface area (Å²) < 4.78 is 27.4. The standard InChI is InChI=1S/C18H23NO2S/c1-4-16-8-10-18(11-9-16)15(3)19-22(20,21)13-17-7-5-6-14(2)12-17/h5-12,15,19H,4,13H2,1-3H3. The second-order valence-corrected chi connectivity index (χ2v) is 7.44. The van der Waals surface area contributed by atoms with E-state index in [0.717, 1.165) is 23.1 Å². The smallest absolute Gasteiger partial charge is 0.212 e. The van der Waals surface area contributed by atoms with Crippen LogP contribution in [0.2, 0.25) is 0 Å². The summed E-state index contributed by atoms with van der Waals surface area (Å²) in [5.74, 6) is 0.00602. The van der Waals surface area contributed by atoms with Crippen LogP contribution in [0.15, 0.2) is 48.5 Å². The molecule has 0 heterocycles. The molecule has 0 radical (unpaired) electrons. The first-order valence-electron chi connectivity index (χ1n) is 7.54. The Morgan fingerprint density at radius 2 is 1.73 bits per heavy atom. The summed E-state index contributed by atoms with van der Waals surface area (Å²) in [5.41, 5.74) is 4.10. The molecule has 0 aliphatic carbocycles. The summed E-state index contributed by atoms with van der Waals surface area (Å²) in [6.45, 7) is 5.93. The molecule has 1 atom stereocenters. The van der Waals surface area contributed by atoms with Gasteiger partial charge in [0.05, 0.1) is 5.75 Å². The van der Waals surface area contributed by atoms with Gasteiger partial charge in [0.25, 0.3) is 0 Å². The van der Waals surface area contributed by atoms with Crippen molar-refractivity contribution in [2.45, 2.75) is 39.0 Å². The molecule has 1 unspecified atom stereocenters. The van der Waals surface area contributed by atoms with Gasteiger partial charge in [0, 0.05) is 6.04 Å². The minimum Gasteiger partial charge on any atom is -0.212 e. The highest BCUT2D eigenvalue weighted by Gasteiger charge is 2.16. The maximum absolute atomic E-state index is 12.3. The third-order valence-corrected chi connectivity index (χ3v) is 5.11. The van der Waals surface area contributed by atoms with Crippen molar-refractivity contribution in [2.75, 3.05) is 0 Å². The molecule has 2 rings (SSSR count). The summed E-state index contributed by atoms with van der Waals surface area (Å²) in [5, 5.41) is 0. The van der Waals surface area contributed by atoms with Gasteiger partial charge in [-0.3, -0.25) is 0 Å². The molecule has 4 heteroatoms. The Bertz CT molecular complexity index is 721. The van der Waals surface area contributed by atoms with Gasteiger partial charge in [0.2, 0.25) is 10.0 Å². The van der Waals surface area contributed by atoms with Gasteiger partial charge in [0.15, 0.2) is 0 Å². The molecule has 0 saturated carbocycles. The van der Waals surface area contributed by atoms with Crippen molar-refractivity contribution in [3.63, 3.8) is 0 Å². The first-order chi connectivity index (χ1) is 10.4. The van der Waals surface area contributed by atoms with Crippen LogP contribution in [0.5, 0.6) is 0 Å². The number of nitrogens with one attached hydrogen (secondary N) is 1. The van der Waals surface area contributed by atoms with E-state index in [1.54, 1.807) is 0 Å². The highest BCUT2D eigenvalue weighted by molar-refractivity contribution is 7.88. The second-order valence-electron chi connectivity index (χ2n) is 5.68. The zero-order valence-electron chi connectivity index (χ0n) is 13.3. The quantitative estimate of drug-likeness (QED) is 0.882. The van der Waals surface area contributed by atoms with Crippen LogP contribution in [-0.2, 0) is 22.2 Å². The lowest BCUT2D eigenvalue weighted by atomic mass is 10.1. The number of benzene rings is 2. The normalized spacial score (nSPS) is 13.0. The molecule has 2 aromatic carbocycles. The molecule has 0 bridgehead atoms. The summed E-state index contributed by atoms with van der Waals surface area (Å²) in [7, 11) is -3.36. The van der Waals surface area contributed by atoms with Crippen molar-refractivity contribution < 1.29 is 8.42 Å². The molecule has 22 heavy (non-hydrogen) atoms. The lowest BCUT2D eigenvalue weighted by molar-refractivity contribution is 0.566. The van der Waals surface area contributed by atoms with Gasteiger partial charge in [-0.15, -0.1) is 0 Å². The van der Waals surface area contributed by atoms with Crippen LogP contribution in [-0.4, -0.2) is 8.42 Å². The first-order valence-corrected chi connectivity index (χ1v) is 9.19. The van der Waals surface area contributed by atoms with E-state index in [1.165, 1.54) is 5.56 Å². The fourth-order valence-electron chi connectivity index (χ4n) is 2.44. The van der Waals surface area contributed by atoms with Gasteiger partial charge in [-0.05, 0) is 37.0 Å². The lowest BCUT2D eigenvalue weighted by Gasteiger charge is -2.15. The van der Waals surface area contributed by atoms with Crippen molar-refractivity contribution in [1.82, 2.24) is 4.72 Å². The minimum atomic E-state index is -3.36. The molecule has 0 aliphatic heterocycles. The van der Waals surface area contributed by atoms with Crippen molar-refractivity contribution in [3.05, 3.63) is 70.8 Å². The van der Waals surface area contributed by atoms with Crippen molar-refractivity contribution in [2.24, 2.45) is 0 Å². The monoisotopic (exact) mass is 317 g/mol. The van der Waals surface area contributed by atoms with E-state index in [4.69, 9.17) is 0 Å². The van der Waals surface area contributed by atoms with Gasteiger partial charge in [0.1, 0.15) is 0 Å². The van der Waals surface area contributed by atoms with E-state index in [2.05, 4.69) is 11.6 Å². The van der Waals surface area contributed by atoms with Crippen LogP contribution in [0.25, 0.3) is 0 Å². The summed E-state index contributed by atoms with van der Waals surface area (Å²) in [6, 6.07) is 15.4. The van der Waals surface area contributed by atoms with Gasteiger partial charge in [-0.2, -0.15) is 0 Å². The van der Waals surface area contributed by atoms with E-state index in [-0.39, 0.29) is 11.8 Å². The largest absolute Gasteiger partial charge is 0.216 e. The number of aryl methyl sites for hydroxylation is 2. The predicted octanol–water partition coefficient (Wildman–Crippen LogP) is 3.74. The van der Waals surface area contributed by atoms with Crippen LogP contribution in [0.4, 0.5) is 0 Å². The van der Waals surface area contributed by atoms with Crippen LogP contribution in [0, 0.1) is 6.92 Å². The highest BCUT2D eigenvalue weighted by Crippen LogP contribution is 2.16. The first kappa shape index (κ1) is 16.7. The Labute approximate surface area is 133 Å². The van der Waals surface area contributed by atoms with Gasteiger partial charge in [-0.1, -0.05) is 61.0 Å². The molecular formula is C18H23NO2S. The lowest BCUT2D eigenvalue weighted by Crippen LogP contribution is -2.28. The van der Waals surface area contributed by atoms with Gasteiger partial charge < -0.3 is 0 Å². The van der Waals surface area contributed by atoms with Crippen LogP contribution < -0.4 is 4.72 Å². The maximum atomic E-state index is 12.3. The number of sulfonamides is 1. The molecule has 0 aromatic heterocycles. The summed E-state index contributed by atoms with van der Waals surface area (Å²) in [4.78, 5) is 0. The van der Waals surface area contributed by atoms with Crippen molar-refractivity contribution in [3.8, 4) is 0 Å². The van der Waals surface area contributed by atoms with Crippen molar-refractivity contribution >= 4 is 10.0 Å². The topological polar surface area (TPSA) is 46.2 Å². The van der Waals surface area contributed by atoms with Crippen LogP contribution in [0.1, 0.15) is 42.1 Å². The Morgan fingerprint density at radius 1 is 1.05 bits per heavy atom. The maximum Gasteiger partial charge on any atom is 0.216 e. The third-order valence-electron chi connectivity index (χ3n) is 3.68. The molecule has 0 amide bonds. The SMILES string of the molecule is CCc1ccc(C(C)NS(=O)(=O)Cc2cccc(C)c2)cc1. The van der Waals surface area contributed by atoms with E-state index in [1.807, 2.05) is 62.4 Å².